The van der Waals surface area contributed by atoms with Crippen molar-refractivity contribution in [1.82, 2.24) is 9.13 Å². The number of hydrogen-bond acceptors (Lipinski definition) is 3. The Kier molecular flexibility index (Phi) is 3.93. The summed E-state index contributed by atoms with van der Waals surface area (Å²) in [6.45, 7) is 4.55. The number of nitrogens with zero attached hydrogens (tertiary/aromatic N) is 2. The van der Waals surface area contributed by atoms with Crippen LogP contribution in [-0.4, -0.2) is 9.13 Å². The molecule has 16 heavy (non-hydrogen) atoms. The summed E-state index contributed by atoms with van der Waals surface area (Å²) in [6.07, 6.45) is 3.26. The van der Waals surface area contributed by atoms with Crippen LogP contribution >= 0.6 is 0 Å². The Balaban J connectivity index is 3.23. The highest BCUT2D eigenvalue weighted by atomic mass is 16.2. The Hall–Kier alpha value is -1.52. The first kappa shape index (κ1) is 12.5. The highest BCUT2D eigenvalue weighted by Gasteiger charge is 2.11. The van der Waals surface area contributed by atoms with Crippen molar-refractivity contribution in [1.29, 1.82) is 0 Å². The maximum absolute atomic E-state index is 11.8. The van der Waals surface area contributed by atoms with Crippen LogP contribution in [0, 0.1) is 5.92 Å². The van der Waals surface area contributed by atoms with Crippen LogP contribution in [0.3, 0.4) is 0 Å². The van der Waals surface area contributed by atoms with Crippen molar-refractivity contribution >= 4 is 5.69 Å². The van der Waals surface area contributed by atoms with E-state index in [9.17, 15) is 9.59 Å². The predicted octanol–water partition coefficient (Wildman–Crippen LogP) is 0.565. The van der Waals surface area contributed by atoms with Gasteiger partial charge < -0.3 is 10.3 Å². The van der Waals surface area contributed by atoms with Crippen molar-refractivity contribution in [2.75, 3.05) is 5.73 Å². The lowest BCUT2D eigenvalue weighted by Crippen LogP contribution is -2.41. The minimum Gasteiger partial charge on any atom is -0.393 e. The van der Waals surface area contributed by atoms with Gasteiger partial charge in [0.05, 0.1) is 0 Å². The zero-order valence-corrected chi connectivity index (χ0v) is 10.1. The highest BCUT2D eigenvalue weighted by molar-refractivity contribution is 5.30. The molecule has 0 saturated carbocycles. The van der Waals surface area contributed by atoms with E-state index in [0.717, 1.165) is 12.8 Å². The zero-order chi connectivity index (χ0) is 12.3. The fourth-order valence-electron chi connectivity index (χ4n) is 1.72. The molecule has 0 aromatic carbocycles. The molecule has 0 fully saturated rings. The van der Waals surface area contributed by atoms with E-state index in [4.69, 9.17) is 5.73 Å². The molecule has 0 unspecified atom stereocenters. The van der Waals surface area contributed by atoms with Crippen LogP contribution in [0.15, 0.2) is 15.8 Å². The summed E-state index contributed by atoms with van der Waals surface area (Å²) in [5, 5.41) is 0. The second kappa shape index (κ2) is 5.01. The molecule has 1 aromatic rings. The fourth-order valence-corrected chi connectivity index (χ4v) is 1.72. The van der Waals surface area contributed by atoms with E-state index in [1.165, 1.54) is 15.3 Å². The largest absolute Gasteiger partial charge is 0.393 e. The van der Waals surface area contributed by atoms with Crippen molar-refractivity contribution < 1.29 is 0 Å². The zero-order valence-electron chi connectivity index (χ0n) is 10.1. The van der Waals surface area contributed by atoms with Gasteiger partial charge in [0.2, 0.25) is 0 Å². The number of aromatic nitrogens is 2. The van der Waals surface area contributed by atoms with E-state index < -0.39 is 0 Å². The van der Waals surface area contributed by atoms with Gasteiger partial charge >= 0.3 is 5.69 Å². The first-order valence-electron chi connectivity index (χ1n) is 5.57. The van der Waals surface area contributed by atoms with Gasteiger partial charge in [-0.15, -0.1) is 0 Å². The molecule has 0 radical (unpaired) electrons. The summed E-state index contributed by atoms with van der Waals surface area (Å²) < 4.78 is 2.58. The highest BCUT2D eigenvalue weighted by Crippen LogP contribution is 2.08. The Morgan fingerprint density at radius 1 is 1.31 bits per heavy atom. The molecular formula is C11H19N3O2. The first-order valence-corrected chi connectivity index (χ1v) is 5.57. The molecule has 1 aromatic heterocycles. The number of nitrogens with two attached hydrogens (primary N) is 1. The van der Waals surface area contributed by atoms with Crippen molar-refractivity contribution in [3.63, 3.8) is 0 Å². The van der Waals surface area contributed by atoms with E-state index in [2.05, 4.69) is 13.8 Å². The van der Waals surface area contributed by atoms with Crippen LogP contribution < -0.4 is 17.0 Å². The van der Waals surface area contributed by atoms with Gasteiger partial charge in [0, 0.05) is 19.8 Å². The van der Waals surface area contributed by atoms with Gasteiger partial charge in [0.15, 0.2) is 0 Å². The third-order valence-electron chi connectivity index (χ3n) is 2.95. The second-order valence-electron chi connectivity index (χ2n) is 4.08. The van der Waals surface area contributed by atoms with Gasteiger partial charge in [-0.05, 0) is 5.92 Å². The summed E-state index contributed by atoms with van der Waals surface area (Å²) in [5.74, 6) is 0.340. The number of aryl methyl sites for hydroxylation is 1. The molecule has 0 saturated heterocycles. The summed E-state index contributed by atoms with van der Waals surface area (Å²) in [4.78, 5) is 23.5. The number of anilines is 1. The maximum atomic E-state index is 11.8. The predicted molar refractivity (Wildman–Crippen MR) is 64.4 cm³/mol. The normalized spacial score (nSPS) is 11.0. The van der Waals surface area contributed by atoms with E-state index in [0.29, 0.717) is 12.5 Å². The second-order valence-corrected chi connectivity index (χ2v) is 4.08. The molecule has 1 rings (SSSR count). The topological polar surface area (TPSA) is 70.0 Å². The number of rotatable bonds is 4. The van der Waals surface area contributed by atoms with Crippen molar-refractivity contribution in [3.05, 3.63) is 27.0 Å². The van der Waals surface area contributed by atoms with Gasteiger partial charge in [-0.2, -0.15) is 0 Å². The maximum Gasteiger partial charge on any atom is 0.330 e. The van der Waals surface area contributed by atoms with Gasteiger partial charge in [0.25, 0.3) is 5.56 Å². The third kappa shape index (κ3) is 2.35. The average Bonchev–Trinajstić information content (AvgIpc) is 2.27. The average molecular weight is 225 g/mol. The molecule has 0 bridgehead atoms. The van der Waals surface area contributed by atoms with Gasteiger partial charge in [-0.1, -0.05) is 26.7 Å². The van der Waals surface area contributed by atoms with E-state index in [1.807, 2.05) is 0 Å². The van der Waals surface area contributed by atoms with Crippen LogP contribution in [0.2, 0.25) is 0 Å². The molecule has 90 valence electrons. The number of nitrogen functional groups attached to an aromatic ring is 1. The molecule has 0 atom stereocenters. The Bertz CT molecular complexity index is 435. The van der Waals surface area contributed by atoms with Crippen molar-refractivity contribution in [2.24, 2.45) is 13.0 Å². The Labute approximate surface area is 94.5 Å². The summed E-state index contributed by atoms with van der Waals surface area (Å²) in [7, 11) is 1.60. The van der Waals surface area contributed by atoms with E-state index >= 15 is 0 Å². The standard InChI is InChI=1S/C11H19N3O2/c1-4-8(5-2)6-14-10(15)9(12)7-13(3)11(14)16/h7-8H,4-6,12H2,1-3H3. The fraction of sp³-hybridized carbons (Fsp3) is 0.636. The Morgan fingerprint density at radius 2 is 1.88 bits per heavy atom. The number of hydrogen-bond donors (Lipinski definition) is 1. The lowest BCUT2D eigenvalue weighted by Gasteiger charge is -2.14. The molecule has 5 nitrogen and oxygen atoms in total. The summed E-state index contributed by atoms with van der Waals surface area (Å²) in [6, 6.07) is 0. The van der Waals surface area contributed by atoms with Crippen molar-refractivity contribution in [2.45, 2.75) is 33.2 Å². The van der Waals surface area contributed by atoms with Gasteiger partial charge in [-0.25, -0.2) is 4.79 Å². The van der Waals surface area contributed by atoms with Crippen LogP contribution in [0.5, 0.6) is 0 Å². The van der Waals surface area contributed by atoms with Crippen LogP contribution in [0.4, 0.5) is 5.69 Å². The van der Waals surface area contributed by atoms with Crippen LogP contribution in [0.25, 0.3) is 0 Å². The minimum absolute atomic E-state index is 0.119. The van der Waals surface area contributed by atoms with Crippen LogP contribution in [-0.2, 0) is 13.6 Å². The van der Waals surface area contributed by atoms with Gasteiger partial charge in [0.1, 0.15) is 5.69 Å². The molecule has 1 heterocycles. The lowest BCUT2D eigenvalue weighted by molar-refractivity contribution is 0.397. The minimum atomic E-state index is -0.380. The molecule has 0 aliphatic carbocycles. The first-order chi connectivity index (χ1) is 7.51. The third-order valence-corrected chi connectivity index (χ3v) is 2.95. The molecule has 0 spiro atoms. The molecule has 0 aliphatic rings. The van der Waals surface area contributed by atoms with E-state index in [1.54, 1.807) is 7.05 Å². The molecule has 5 heteroatoms. The van der Waals surface area contributed by atoms with Crippen LogP contribution in [0.1, 0.15) is 26.7 Å². The summed E-state index contributed by atoms with van der Waals surface area (Å²) in [5.41, 5.74) is 4.99. The molecule has 0 amide bonds. The monoisotopic (exact) mass is 225 g/mol. The smallest absolute Gasteiger partial charge is 0.330 e. The summed E-state index contributed by atoms with van der Waals surface area (Å²) >= 11 is 0. The molecule has 0 aliphatic heterocycles. The molecular weight excluding hydrogens is 206 g/mol. The quantitative estimate of drug-likeness (QED) is 0.814. The van der Waals surface area contributed by atoms with E-state index in [-0.39, 0.29) is 16.9 Å². The lowest BCUT2D eigenvalue weighted by atomic mass is 10.0. The van der Waals surface area contributed by atoms with Gasteiger partial charge in [-0.3, -0.25) is 9.36 Å². The van der Waals surface area contributed by atoms with Crippen molar-refractivity contribution in [3.8, 4) is 0 Å². The Morgan fingerprint density at radius 3 is 2.38 bits per heavy atom. The SMILES string of the molecule is CCC(CC)Cn1c(=O)c(N)cn(C)c1=O. The molecule has 2 N–H and O–H groups in total.